The van der Waals surface area contributed by atoms with Crippen LogP contribution in [0.5, 0.6) is 0 Å². The van der Waals surface area contributed by atoms with Gasteiger partial charge in [-0.3, -0.25) is 0 Å². The van der Waals surface area contributed by atoms with Gasteiger partial charge in [-0.05, 0) is 110 Å². The average molecular weight is 569 g/mol. The molecule has 0 bridgehead atoms. The van der Waals surface area contributed by atoms with Crippen LogP contribution in [0.25, 0.3) is 53.1 Å². The van der Waals surface area contributed by atoms with Crippen LogP contribution in [-0.2, 0) is 5.41 Å². The van der Waals surface area contributed by atoms with Crippen molar-refractivity contribution in [3.05, 3.63) is 145 Å². The summed E-state index contributed by atoms with van der Waals surface area (Å²) >= 11 is 1.75. The first kappa shape index (κ1) is 24.6. The van der Waals surface area contributed by atoms with E-state index >= 15 is 0 Å². The SMILES string of the molecule is CC1(C)c2ccccc2N(c2ccc3cc4cc5cc(-c6nc7ccccc7s6)ccc5cc4cc3c2)c2ccccc21. The van der Waals surface area contributed by atoms with Gasteiger partial charge in [-0.15, -0.1) is 11.3 Å². The topological polar surface area (TPSA) is 16.1 Å². The van der Waals surface area contributed by atoms with E-state index in [1.807, 2.05) is 0 Å². The molecule has 1 aliphatic heterocycles. The largest absolute Gasteiger partial charge is 0.310 e. The molecule has 9 rings (SSSR count). The molecule has 0 saturated carbocycles. The van der Waals surface area contributed by atoms with Gasteiger partial charge in [-0.1, -0.05) is 80.6 Å². The lowest BCUT2D eigenvalue weighted by Gasteiger charge is -2.42. The van der Waals surface area contributed by atoms with E-state index in [4.69, 9.17) is 4.98 Å². The standard InChI is InChI=1S/C40H28N2S/c1-40(2)33-9-3-6-12-36(33)42(37-13-7-4-10-34(37)40)32-18-17-26-20-29-22-28-21-27(39-41-35-11-5-8-14-38(35)43-39)16-15-25(28)19-30(29)23-31(26)24-32/h3-24H,1-2H3. The highest BCUT2D eigenvalue weighted by Crippen LogP contribution is 2.51. The molecule has 0 atom stereocenters. The Balaban J connectivity index is 1.17. The third-order valence-corrected chi connectivity index (χ3v) is 10.3. The zero-order valence-corrected chi connectivity index (χ0v) is 24.8. The molecule has 2 nitrogen and oxygen atoms in total. The van der Waals surface area contributed by atoms with Crippen LogP contribution < -0.4 is 4.90 Å². The number of anilines is 3. The smallest absolute Gasteiger partial charge is 0.124 e. The molecule has 3 heteroatoms. The Labute approximate surface area is 254 Å². The molecule has 2 heterocycles. The Hall–Kier alpha value is -4.99. The van der Waals surface area contributed by atoms with Gasteiger partial charge in [0, 0.05) is 16.7 Å². The van der Waals surface area contributed by atoms with Gasteiger partial charge in [-0.2, -0.15) is 0 Å². The third-order valence-electron chi connectivity index (χ3n) is 9.17. The number of hydrogen-bond acceptors (Lipinski definition) is 3. The number of fused-ring (bicyclic) bond motifs is 6. The summed E-state index contributed by atoms with van der Waals surface area (Å²) in [7, 11) is 0. The van der Waals surface area contributed by atoms with E-state index in [0.29, 0.717) is 0 Å². The summed E-state index contributed by atoms with van der Waals surface area (Å²) in [6.07, 6.45) is 0. The molecule has 0 unspecified atom stereocenters. The van der Waals surface area contributed by atoms with Crippen molar-refractivity contribution in [1.29, 1.82) is 0 Å². The molecule has 43 heavy (non-hydrogen) atoms. The summed E-state index contributed by atoms with van der Waals surface area (Å²) in [5.41, 5.74) is 8.56. The Morgan fingerprint density at radius 2 is 1.09 bits per heavy atom. The number of hydrogen-bond donors (Lipinski definition) is 0. The van der Waals surface area contributed by atoms with Crippen molar-refractivity contribution in [3.8, 4) is 10.6 Å². The Kier molecular flexibility index (Phi) is 5.15. The molecular weight excluding hydrogens is 541 g/mol. The maximum Gasteiger partial charge on any atom is 0.124 e. The maximum atomic E-state index is 4.89. The molecule has 0 saturated heterocycles. The molecule has 0 spiro atoms. The van der Waals surface area contributed by atoms with Crippen LogP contribution >= 0.6 is 11.3 Å². The highest BCUT2D eigenvalue weighted by atomic mass is 32.1. The number of rotatable bonds is 2. The normalized spacial score (nSPS) is 14.0. The van der Waals surface area contributed by atoms with Gasteiger partial charge in [0.1, 0.15) is 5.01 Å². The van der Waals surface area contributed by atoms with Gasteiger partial charge in [-0.25, -0.2) is 4.98 Å². The first-order chi connectivity index (χ1) is 21.0. The number of nitrogens with zero attached hydrogens (tertiary/aromatic N) is 2. The fraction of sp³-hybridized carbons (Fsp3) is 0.0750. The van der Waals surface area contributed by atoms with Crippen LogP contribution in [0.4, 0.5) is 17.1 Å². The predicted octanol–water partition coefficient (Wildman–Crippen LogP) is 11.5. The Morgan fingerprint density at radius 3 is 1.79 bits per heavy atom. The molecule has 0 radical (unpaired) electrons. The second kappa shape index (κ2) is 9.00. The lowest BCUT2D eigenvalue weighted by atomic mass is 9.73. The summed E-state index contributed by atoms with van der Waals surface area (Å²) in [6, 6.07) is 49.0. The summed E-state index contributed by atoms with van der Waals surface area (Å²) in [6.45, 7) is 4.67. The van der Waals surface area contributed by atoms with E-state index in [1.54, 1.807) is 11.3 Å². The van der Waals surface area contributed by atoms with E-state index in [-0.39, 0.29) is 5.41 Å². The number of benzene rings is 7. The molecule has 7 aromatic carbocycles. The molecule has 0 aliphatic carbocycles. The van der Waals surface area contributed by atoms with Crippen LogP contribution in [0.1, 0.15) is 25.0 Å². The van der Waals surface area contributed by atoms with E-state index in [9.17, 15) is 0 Å². The minimum absolute atomic E-state index is 0.0648. The second-order valence-corrected chi connectivity index (χ2v) is 13.2. The lowest BCUT2D eigenvalue weighted by Crippen LogP contribution is -2.30. The van der Waals surface area contributed by atoms with Crippen LogP contribution in [-0.4, -0.2) is 4.98 Å². The van der Waals surface area contributed by atoms with Crippen LogP contribution in [0.2, 0.25) is 0 Å². The fourth-order valence-electron chi connectivity index (χ4n) is 6.95. The first-order valence-electron chi connectivity index (χ1n) is 14.8. The predicted molar refractivity (Wildman–Crippen MR) is 184 cm³/mol. The van der Waals surface area contributed by atoms with Crippen molar-refractivity contribution in [2.45, 2.75) is 19.3 Å². The van der Waals surface area contributed by atoms with Gasteiger partial charge >= 0.3 is 0 Å². The van der Waals surface area contributed by atoms with Crippen molar-refractivity contribution in [2.24, 2.45) is 0 Å². The lowest BCUT2D eigenvalue weighted by molar-refractivity contribution is 0.632. The number of aromatic nitrogens is 1. The van der Waals surface area contributed by atoms with Crippen LogP contribution in [0.3, 0.4) is 0 Å². The molecule has 1 aliphatic rings. The second-order valence-electron chi connectivity index (χ2n) is 12.1. The highest BCUT2D eigenvalue weighted by Gasteiger charge is 2.36. The minimum Gasteiger partial charge on any atom is -0.310 e. The fourth-order valence-corrected chi connectivity index (χ4v) is 7.91. The van der Waals surface area contributed by atoms with E-state index < -0.39 is 0 Å². The number of para-hydroxylation sites is 3. The molecule has 8 aromatic rings. The van der Waals surface area contributed by atoms with Gasteiger partial charge in [0.2, 0.25) is 0 Å². The zero-order valence-electron chi connectivity index (χ0n) is 24.0. The van der Waals surface area contributed by atoms with Crippen molar-refractivity contribution < 1.29 is 0 Å². The Bertz CT molecular complexity index is 2310. The first-order valence-corrected chi connectivity index (χ1v) is 15.6. The van der Waals surface area contributed by atoms with Crippen molar-refractivity contribution >= 4 is 70.9 Å². The van der Waals surface area contributed by atoms with E-state index in [1.165, 1.54) is 70.8 Å². The summed E-state index contributed by atoms with van der Waals surface area (Å²) in [5, 5.41) is 8.55. The van der Waals surface area contributed by atoms with Gasteiger partial charge in [0.25, 0.3) is 0 Å². The third kappa shape index (κ3) is 3.75. The van der Waals surface area contributed by atoms with Crippen molar-refractivity contribution in [2.75, 3.05) is 4.90 Å². The van der Waals surface area contributed by atoms with Gasteiger partial charge in [0.15, 0.2) is 0 Å². The molecule has 0 amide bonds. The van der Waals surface area contributed by atoms with Crippen LogP contribution in [0.15, 0.2) is 133 Å². The van der Waals surface area contributed by atoms with Gasteiger partial charge in [0.05, 0.1) is 21.6 Å². The molecular formula is C40H28N2S. The summed E-state index contributed by atoms with van der Waals surface area (Å²) in [5.74, 6) is 0. The van der Waals surface area contributed by atoms with E-state index in [0.717, 1.165) is 10.5 Å². The van der Waals surface area contributed by atoms with E-state index in [2.05, 4.69) is 152 Å². The molecule has 1 aromatic heterocycles. The highest BCUT2D eigenvalue weighted by molar-refractivity contribution is 7.21. The van der Waals surface area contributed by atoms with Crippen molar-refractivity contribution in [1.82, 2.24) is 4.98 Å². The van der Waals surface area contributed by atoms with Crippen molar-refractivity contribution in [3.63, 3.8) is 0 Å². The summed E-state index contributed by atoms with van der Waals surface area (Å²) < 4.78 is 1.22. The average Bonchev–Trinajstić information content (AvgIpc) is 3.47. The van der Waals surface area contributed by atoms with Gasteiger partial charge < -0.3 is 4.90 Å². The quantitative estimate of drug-likeness (QED) is 0.193. The monoisotopic (exact) mass is 568 g/mol. The molecule has 0 N–H and O–H groups in total. The Morgan fingerprint density at radius 1 is 0.535 bits per heavy atom. The summed E-state index contributed by atoms with van der Waals surface area (Å²) in [4.78, 5) is 7.32. The molecule has 0 fully saturated rings. The minimum atomic E-state index is -0.0648. The number of thiazole rings is 1. The maximum absolute atomic E-state index is 4.89. The molecule has 204 valence electrons. The zero-order chi connectivity index (χ0) is 28.7. The van der Waals surface area contributed by atoms with Crippen LogP contribution in [0, 0.1) is 0 Å².